The standard InChI is InChI=1S/C15H19IN2S/c1-9-4-10(2)13(11(3)5-9)7-14(18-17)12-6-15(16)19-8-12/h4-6,8,14,18H,7,17H2,1-3H3. The first-order valence-corrected chi connectivity index (χ1v) is 8.24. The van der Waals surface area contributed by atoms with Crippen molar-refractivity contribution in [3.8, 4) is 0 Å². The minimum atomic E-state index is 0.180. The second-order valence-corrected chi connectivity index (χ2v) is 7.79. The second-order valence-electron chi connectivity index (χ2n) is 4.98. The Morgan fingerprint density at radius 1 is 1.21 bits per heavy atom. The molecule has 4 heteroatoms. The van der Waals surface area contributed by atoms with Gasteiger partial charge in [0.05, 0.1) is 8.93 Å². The minimum absolute atomic E-state index is 0.180. The van der Waals surface area contributed by atoms with E-state index in [0.717, 1.165) is 6.42 Å². The summed E-state index contributed by atoms with van der Waals surface area (Å²) >= 11 is 4.11. The van der Waals surface area contributed by atoms with E-state index in [-0.39, 0.29) is 6.04 Å². The van der Waals surface area contributed by atoms with Gasteiger partial charge in [0.15, 0.2) is 0 Å². The minimum Gasteiger partial charge on any atom is -0.271 e. The average Bonchev–Trinajstić information content (AvgIpc) is 2.75. The van der Waals surface area contributed by atoms with Crippen molar-refractivity contribution in [3.05, 3.63) is 54.3 Å². The third kappa shape index (κ3) is 3.56. The predicted octanol–water partition coefficient (Wildman–Crippen LogP) is 4.03. The fourth-order valence-electron chi connectivity index (χ4n) is 2.52. The lowest BCUT2D eigenvalue weighted by Gasteiger charge is -2.18. The summed E-state index contributed by atoms with van der Waals surface area (Å²) in [6, 6.07) is 6.87. The number of nitrogens with two attached hydrogens (primary N) is 1. The van der Waals surface area contributed by atoms with Gasteiger partial charge in [-0.05, 0) is 83.5 Å². The molecule has 2 nitrogen and oxygen atoms in total. The smallest absolute Gasteiger partial charge is 0.0656 e. The zero-order valence-corrected chi connectivity index (χ0v) is 14.4. The first-order chi connectivity index (χ1) is 9.01. The Labute approximate surface area is 132 Å². The Bertz CT molecular complexity index is 554. The molecule has 0 spiro atoms. The Balaban J connectivity index is 2.28. The van der Waals surface area contributed by atoms with Gasteiger partial charge in [0.1, 0.15) is 0 Å². The molecule has 1 aromatic carbocycles. The van der Waals surface area contributed by atoms with E-state index in [2.05, 4.69) is 72.4 Å². The van der Waals surface area contributed by atoms with Gasteiger partial charge in [-0.3, -0.25) is 11.3 Å². The molecule has 0 amide bonds. The van der Waals surface area contributed by atoms with Crippen LogP contribution < -0.4 is 11.3 Å². The SMILES string of the molecule is Cc1cc(C)c(CC(NN)c2csc(I)c2)c(C)c1. The van der Waals surface area contributed by atoms with Crippen molar-refractivity contribution in [2.45, 2.75) is 33.2 Å². The molecule has 0 saturated carbocycles. The lowest BCUT2D eigenvalue weighted by molar-refractivity contribution is 0.551. The summed E-state index contributed by atoms with van der Waals surface area (Å²) < 4.78 is 1.30. The summed E-state index contributed by atoms with van der Waals surface area (Å²) in [6.45, 7) is 6.50. The molecule has 1 heterocycles. The van der Waals surface area contributed by atoms with Crippen molar-refractivity contribution < 1.29 is 0 Å². The molecule has 0 radical (unpaired) electrons. The van der Waals surface area contributed by atoms with E-state index >= 15 is 0 Å². The Morgan fingerprint density at radius 3 is 2.32 bits per heavy atom. The van der Waals surface area contributed by atoms with Crippen LogP contribution in [0.3, 0.4) is 0 Å². The first kappa shape index (κ1) is 15.0. The van der Waals surface area contributed by atoms with Crippen LogP contribution >= 0.6 is 33.9 Å². The van der Waals surface area contributed by atoms with Crippen molar-refractivity contribution in [2.24, 2.45) is 5.84 Å². The van der Waals surface area contributed by atoms with Crippen LogP contribution in [-0.4, -0.2) is 0 Å². The fourth-order valence-corrected chi connectivity index (χ4v) is 3.94. The van der Waals surface area contributed by atoms with E-state index in [4.69, 9.17) is 5.84 Å². The number of hydrogen-bond donors (Lipinski definition) is 2. The molecule has 0 aliphatic rings. The maximum Gasteiger partial charge on any atom is 0.0656 e. The molecule has 102 valence electrons. The van der Waals surface area contributed by atoms with E-state index < -0.39 is 0 Å². The van der Waals surface area contributed by atoms with E-state index in [0.29, 0.717) is 0 Å². The average molecular weight is 386 g/mol. The van der Waals surface area contributed by atoms with Crippen LogP contribution in [0.15, 0.2) is 23.6 Å². The van der Waals surface area contributed by atoms with Crippen LogP contribution in [0, 0.1) is 23.7 Å². The molecule has 1 unspecified atom stereocenters. The van der Waals surface area contributed by atoms with Gasteiger partial charge in [-0.15, -0.1) is 11.3 Å². The summed E-state index contributed by atoms with van der Waals surface area (Å²) in [5.74, 6) is 5.74. The zero-order valence-electron chi connectivity index (χ0n) is 11.5. The van der Waals surface area contributed by atoms with Gasteiger partial charge >= 0.3 is 0 Å². The number of thiophene rings is 1. The van der Waals surface area contributed by atoms with Crippen LogP contribution in [0.1, 0.15) is 33.9 Å². The number of nitrogens with one attached hydrogen (secondary N) is 1. The van der Waals surface area contributed by atoms with Crippen molar-refractivity contribution >= 4 is 33.9 Å². The number of hydrazine groups is 1. The molecule has 0 fully saturated rings. The van der Waals surface area contributed by atoms with E-state index in [1.165, 1.54) is 30.7 Å². The van der Waals surface area contributed by atoms with E-state index in [1.807, 2.05) is 0 Å². The number of rotatable bonds is 4. The topological polar surface area (TPSA) is 38.0 Å². The quantitative estimate of drug-likeness (QED) is 0.473. The largest absolute Gasteiger partial charge is 0.271 e. The van der Waals surface area contributed by atoms with Crippen LogP contribution in [0.5, 0.6) is 0 Å². The molecule has 0 aliphatic carbocycles. The number of halogens is 1. The first-order valence-electron chi connectivity index (χ1n) is 6.28. The van der Waals surface area contributed by atoms with E-state index in [1.54, 1.807) is 11.3 Å². The van der Waals surface area contributed by atoms with Crippen molar-refractivity contribution in [1.82, 2.24) is 5.43 Å². The molecule has 1 aromatic heterocycles. The highest BCUT2D eigenvalue weighted by Crippen LogP contribution is 2.27. The van der Waals surface area contributed by atoms with Gasteiger partial charge in [-0.25, -0.2) is 0 Å². The summed E-state index contributed by atoms with van der Waals surface area (Å²) in [4.78, 5) is 0. The van der Waals surface area contributed by atoms with Crippen molar-refractivity contribution in [2.75, 3.05) is 0 Å². The highest BCUT2D eigenvalue weighted by atomic mass is 127. The van der Waals surface area contributed by atoms with Gasteiger partial charge in [0.2, 0.25) is 0 Å². The van der Waals surface area contributed by atoms with E-state index in [9.17, 15) is 0 Å². The molecule has 0 aliphatic heterocycles. The molecule has 2 aromatic rings. The monoisotopic (exact) mass is 386 g/mol. The highest BCUT2D eigenvalue weighted by Gasteiger charge is 2.15. The molecular weight excluding hydrogens is 367 g/mol. The number of benzene rings is 1. The Kier molecular flexibility index (Phi) is 5.00. The maximum absolute atomic E-state index is 5.74. The summed E-state index contributed by atoms with van der Waals surface area (Å²) in [5.41, 5.74) is 9.64. The lowest BCUT2D eigenvalue weighted by Crippen LogP contribution is -2.29. The summed E-state index contributed by atoms with van der Waals surface area (Å²) in [7, 11) is 0. The molecule has 1 atom stereocenters. The third-order valence-electron chi connectivity index (χ3n) is 3.44. The van der Waals surface area contributed by atoms with Gasteiger partial charge in [0.25, 0.3) is 0 Å². The van der Waals surface area contributed by atoms with Crippen molar-refractivity contribution in [3.63, 3.8) is 0 Å². The third-order valence-corrected chi connectivity index (χ3v) is 5.25. The zero-order chi connectivity index (χ0) is 14.0. The molecule has 19 heavy (non-hydrogen) atoms. The summed E-state index contributed by atoms with van der Waals surface area (Å²) in [6.07, 6.45) is 0.932. The molecule has 0 saturated heterocycles. The van der Waals surface area contributed by atoms with Gasteiger partial charge < -0.3 is 0 Å². The molecule has 3 N–H and O–H groups in total. The fraction of sp³-hybridized carbons (Fsp3) is 0.333. The van der Waals surface area contributed by atoms with Crippen LogP contribution in [0.25, 0.3) is 0 Å². The van der Waals surface area contributed by atoms with Crippen LogP contribution in [0.4, 0.5) is 0 Å². The maximum atomic E-state index is 5.74. The summed E-state index contributed by atoms with van der Waals surface area (Å²) in [5, 5.41) is 2.19. The van der Waals surface area contributed by atoms with Crippen molar-refractivity contribution in [1.29, 1.82) is 0 Å². The number of aryl methyl sites for hydroxylation is 3. The van der Waals surface area contributed by atoms with Gasteiger partial charge in [-0.2, -0.15) is 0 Å². The molecular formula is C15H19IN2S. The van der Waals surface area contributed by atoms with Crippen LogP contribution in [-0.2, 0) is 6.42 Å². The highest BCUT2D eigenvalue weighted by molar-refractivity contribution is 14.1. The Morgan fingerprint density at radius 2 is 1.84 bits per heavy atom. The van der Waals surface area contributed by atoms with Gasteiger partial charge in [-0.1, -0.05) is 17.7 Å². The normalized spacial score (nSPS) is 12.7. The lowest BCUT2D eigenvalue weighted by atomic mass is 9.93. The number of hydrogen-bond acceptors (Lipinski definition) is 3. The molecule has 2 rings (SSSR count). The Hall–Kier alpha value is -0.430. The van der Waals surface area contributed by atoms with Crippen LogP contribution in [0.2, 0.25) is 0 Å². The van der Waals surface area contributed by atoms with Gasteiger partial charge in [0, 0.05) is 0 Å². The predicted molar refractivity (Wildman–Crippen MR) is 91.5 cm³/mol. The second kappa shape index (κ2) is 6.35. The molecule has 0 bridgehead atoms.